The van der Waals surface area contributed by atoms with Crippen molar-refractivity contribution in [2.45, 2.75) is 6.61 Å². The molecular formula is C21H17Cl2NO3. The molecule has 0 spiro atoms. The first-order chi connectivity index (χ1) is 13.1. The quantitative estimate of drug-likeness (QED) is 0.564. The first kappa shape index (κ1) is 19.1. The number of rotatable bonds is 6. The van der Waals surface area contributed by atoms with E-state index >= 15 is 0 Å². The van der Waals surface area contributed by atoms with Gasteiger partial charge in [0.05, 0.1) is 12.1 Å². The summed E-state index contributed by atoms with van der Waals surface area (Å²) in [6, 6.07) is 19.3. The number of methoxy groups -OCH3 is 1. The molecular weight excluding hydrogens is 385 g/mol. The minimum Gasteiger partial charge on any atom is -0.496 e. The second-order valence-electron chi connectivity index (χ2n) is 5.71. The van der Waals surface area contributed by atoms with Gasteiger partial charge in [-0.15, -0.1) is 0 Å². The number of halogens is 2. The van der Waals surface area contributed by atoms with Gasteiger partial charge in [-0.05, 0) is 48.5 Å². The van der Waals surface area contributed by atoms with Crippen LogP contribution in [0.4, 0.5) is 5.69 Å². The minimum absolute atomic E-state index is 0.213. The van der Waals surface area contributed by atoms with Crippen molar-refractivity contribution in [3.8, 4) is 11.5 Å². The number of benzene rings is 3. The van der Waals surface area contributed by atoms with Crippen molar-refractivity contribution in [3.63, 3.8) is 0 Å². The topological polar surface area (TPSA) is 47.6 Å². The average Bonchev–Trinajstić information content (AvgIpc) is 2.67. The van der Waals surface area contributed by atoms with E-state index in [1.165, 1.54) is 0 Å². The van der Waals surface area contributed by atoms with Crippen LogP contribution in [0.1, 0.15) is 15.9 Å². The van der Waals surface area contributed by atoms with E-state index in [4.69, 9.17) is 32.7 Å². The number of carbonyl (C=O) groups excluding carboxylic acids is 1. The third-order valence-corrected chi connectivity index (χ3v) is 4.39. The summed E-state index contributed by atoms with van der Waals surface area (Å²) in [4.78, 5) is 12.5. The van der Waals surface area contributed by atoms with E-state index in [1.807, 2.05) is 12.1 Å². The van der Waals surface area contributed by atoms with Crippen LogP contribution in [0.5, 0.6) is 11.5 Å². The highest BCUT2D eigenvalue weighted by molar-refractivity contribution is 6.32. The van der Waals surface area contributed by atoms with Gasteiger partial charge in [-0.1, -0.05) is 41.4 Å². The van der Waals surface area contributed by atoms with Crippen molar-refractivity contribution in [2.24, 2.45) is 0 Å². The zero-order chi connectivity index (χ0) is 19.2. The van der Waals surface area contributed by atoms with E-state index in [1.54, 1.807) is 61.7 Å². The Morgan fingerprint density at radius 1 is 0.963 bits per heavy atom. The van der Waals surface area contributed by atoms with Crippen LogP contribution in [0.25, 0.3) is 0 Å². The van der Waals surface area contributed by atoms with Gasteiger partial charge < -0.3 is 14.8 Å². The molecule has 0 aromatic heterocycles. The molecule has 0 atom stereocenters. The highest BCUT2D eigenvalue weighted by Crippen LogP contribution is 2.27. The zero-order valence-corrected chi connectivity index (χ0v) is 16.1. The lowest BCUT2D eigenvalue weighted by Gasteiger charge is -2.13. The number of para-hydroxylation sites is 1. The third-order valence-electron chi connectivity index (χ3n) is 3.84. The molecule has 0 radical (unpaired) electrons. The van der Waals surface area contributed by atoms with E-state index in [0.29, 0.717) is 32.8 Å². The van der Waals surface area contributed by atoms with E-state index in [2.05, 4.69) is 5.32 Å². The number of ether oxygens (including phenoxy) is 2. The predicted octanol–water partition coefficient (Wildman–Crippen LogP) is 5.83. The molecule has 0 aliphatic heterocycles. The van der Waals surface area contributed by atoms with Crippen LogP contribution in [0.15, 0.2) is 66.7 Å². The van der Waals surface area contributed by atoms with E-state index in [9.17, 15) is 4.79 Å². The number of nitrogens with one attached hydrogen (secondary N) is 1. The van der Waals surface area contributed by atoms with Crippen LogP contribution in [0.2, 0.25) is 10.0 Å². The van der Waals surface area contributed by atoms with Crippen molar-refractivity contribution in [2.75, 3.05) is 12.4 Å². The summed E-state index contributed by atoms with van der Waals surface area (Å²) in [7, 11) is 1.57. The van der Waals surface area contributed by atoms with Crippen LogP contribution in [0, 0.1) is 0 Å². The van der Waals surface area contributed by atoms with Crippen molar-refractivity contribution >= 4 is 34.8 Å². The van der Waals surface area contributed by atoms with Gasteiger partial charge in [-0.25, -0.2) is 0 Å². The van der Waals surface area contributed by atoms with Crippen LogP contribution >= 0.6 is 23.2 Å². The Morgan fingerprint density at radius 2 is 1.78 bits per heavy atom. The minimum atomic E-state index is -0.251. The van der Waals surface area contributed by atoms with E-state index in [-0.39, 0.29) is 12.5 Å². The summed E-state index contributed by atoms with van der Waals surface area (Å²) in [6.45, 7) is 0.213. The Kier molecular flexibility index (Phi) is 6.22. The monoisotopic (exact) mass is 401 g/mol. The summed E-state index contributed by atoms with van der Waals surface area (Å²) < 4.78 is 11.1. The fourth-order valence-electron chi connectivity index (χ4n) is 2.52. The van der Waals surface area contributed by atoms with E-state index in [0.717, 1.165) is 5.56 Å². The van der Waals surface area contributed by atoms with Gasteiger partial charge >= 0.3 is 0 Å². The molecule has 6 heteroatoms. The van der Waals surface area contributed by atoms with Crippen molar-refractivity contribution < 1.29 is 14.3 Å². The molecule has 0 aliphatic carbocycles. The normalized spacial score (nSPS) is 10.3. The maximum atomic E-state index is 12.5. The van der Waals surface area contributed by atoms with Gasteiger partial charge in [0.1, 0.15) is 18.1 Å². The SMILES string of the molecule is COc1ccc(C(=O)Nc2cccc(Cl)c2)cc1COc1ccccc1Cl. The molecule has 3 rings (SSSR count). The van der Waals surface area contributed by atoms with Crippen molar-refractivity contribution in [1.29, 1.82) is 0 Å². The molecule has 27 heavy (non-hydrogen) atoms. The van der Waals surface area contributed by atoms with Gasteiger partial charge in [0.25, 0.3) is 5.91 Å². The Bertz CT molecular complexity index is 960. The number of hydrogen-bond donors (Lipinski definition) is 1. The molecule has 0 aliphatic rings. The zero-order valence-electron chi connectivity index (χ0n) is 14.5. The van der Waals surface area contributed by atoms with Crippen molar-refractivity contribution in [3.05, 3.63) is 87.9 Å². The van der Waals surface area contributed by atoms with Crippen LogP contribution < -0.4 is 14.8 Å². The Balaban J connectivity index is 1.78. The van der Waals surface area contributed by atoms with Crippen molar-refractivity contribution in [1.82, 2.24) is 0 Å². The molecule has 3 aromatic rings. The highest BCUT2D eigenvalue weighted by Gasteiger charge is 2.12. The smallest absolute Gasteiger partial charge is 0.255 e. The molecule has 0 heterocycles. The average molecular weight is 402 g/mol. The van der Waals surface area contributed by atoms with Gasteiger partial charge in [0.15, 0.2) is 0 Å². The maximum Gasteiger partial charge on any atom is 0.255 e. The lowest BCUT2D eigenvalue weighted by atomic mass is 10.1. The molecule has 0 unspecified atom stereocenters. The van der Waals surface area contributed by atoms with Gasteiger partial charge in [0.2, 0.25) is 0 Å². The summed E-state index contributed by atoms with van der Waals surface area (Å²) in [5.41, 5.74) is 1.84. The van der Waals surface area contributed by atoms with Gasteiger partial charge in [-0.2, -0.15) is 0 Å². The van der Waals surface area contributed by atoms with Crippen LogP contribution in [-0.4, -0.2) is 13.0 Å². The summed E-state index contributed by atoms with van der Waals surface area (Å²) in [5.74, 6) is 0.940. The maximum absolute atomic E-state index is 12.5. The standard InChI is InChI=1S/C21H17Cl2NO3/c1-26-19-10-9-14(21(25)24-17-6-4-5-16(22)12-17)11-15(19)13-27-20-8-3-2-7-18(20)23/h2-12H,13H2,1H3,(H,24,25). The first-order valence-electron chi connectivity index (χ1n) is 8.18. The Labute approximate surface area is 167 Å². The summed E-state index contributed by atoms with van der Waals surface area (Å²) >= 11 is 12.1. The molecule has 0 bridgehead atoms. The second-order valence-corrected chi connectivity index (χ2v) is 6.55. The predicted molar refractivity (Wildman–Crippen MR) is 108 cm³/mol. The Hall–Kier alpha value is -2.69. The highest BCUT2D eigenvalue weighted by atomic mass is 35.5. The molecule has 0 fully saturated rings. The van der Waals surface area contributed by atoms with Gasteiger partial charge in [-0.3, -0.25) is 4.79 Å². The Morgan fingerprint density at radius 3 is 2.52 bits per heavy atom. The largest absolute Gasteiger partial charge is 0.496 e. The number of hydrogen-bond acceptors (Lipinski definition) is 3. The van der Waals surface area contributed by atoms with E-state index < -0.39 is 0 Å². The molecule has 1 amide bonds. The lowest BCUT2D eigenvalue weighted by molar-refractivity contribution is 0.102. The van der Waals surface area contributed by atoms with Gasteiger partial charge in [0, 0.05) is 21.8 Å². The summed E-state index contributed by atoms with van der Waals surface area (Å²) in [6.07, 6.45) is 0. The fourth-order valence-corrected chi connectivity index (χ4v) is 2.90. The number of anilines is 1. The molecule has 1 N–H and O–H groups in total. The first-order valence-corrected chi connectivity index (χ1v) is 8.93. The number of amides is 1. The fraction of sp³-hybridized carbons (Fsp3) is 0.0952. The molecule has 138 valence electrons. The number of carbonyl (C=O) groups is 1. The molecule has 0 saturated carbocycles. The molecule has 3 aromatic carbocycles. The third kappa shape index (κ3) is 4.94. The second kappa shape index (κ2) is 8.80. The lowest BCUT2D eigenvalue weighted by Crippen LogP contribution is -2.12. The van der Waals surface area contributed by atoms with Crippen LogP contribution in [0.3, 0.4) is 0 Å². The molecule has 0 saturated heterocycles. The molecule has 4 nitrogen and oxygen atoms in total. The summed E-state index contributed by atoms with van der Waals surface area (Å²) in [5, 5.41) is 3.89. The van der Waals surface area contributed by atoms with Crippen LogP contribution in [-0.2, 0) is 6.61 Å².